The second-order valence-electron chi connectivity index (χ2n) is 6.57. The van der Waals surface area contributed by atoms with Crippen molar-refractivity contribution in [3.8, 4) is 0 Å². The number of rotatable bonds is 6. The van der Waals surface area contributed by atoms with Crippen LogP contribution < -0.4 is 11.1 Å². The first-order valence-corrected chi connectivity index (χ1v) is 9.10. The lowest BCUT2D eigenvalue weighted by molar-refractivity contribution is 0.102. The topological polar surface area (TPSA) is 94.0 Å². The lowest BCUT2D eigenvalue weighted by Crippen LogP contribution is -2.15. The number of hydrogen-bond acceptors (Lipinski definition) is 5. The molecule has 0 aliphatic heterocycles. The molecule has 3 N–H and O–H groups in total. The van der Waals surface area contributed by atoms with Gasteiger partial charge < -0.3 is 15.5 Å². The second kappa shape index (κ2) is 8.02. The molecule has 0 saturated heterocycles. The zero-order valence-electron chi connectivity index (χ0n) is 15.2. The van der Waals surface area contributed by atoms with E-state index in [0.29, 0.717) is 18.0 Å². The molecule has 2 heterocycles. The monoisotopic (exact) mass is 372 g/mol. The zero-order valence-corrected chi connectivity index (χ0v) is 15.2. The highest BCUT2D eigenvalue weighted by atomic mass is 16.3. The van der Waals surface area contributed by atoms with Gasteiger partial charge >= 0.3 is 0 Å². The molecular formula is C22H20N4O2. The van der Waals surface area contributed by atoms with Crippen LogP contribution in [0, 0.1) is 0 Å². The highest BCUT2D eigenvalue weighted by molar-refractivity contribution is 6.03. The van der Waals surface area contributed by atoms with Crippen LogP contribution in [0.4, 0.5) is 5.69 Å². The Morgan fingerprint density at radius 2 is 1.89 bits per heavy atom. The van der Waals surface area contributed by atoms with Gasteiger partial charge in [-0.1, -0.05) is 48.5 Å². The van der Waals surface area contributed by atoms with Crippen LogP contribution in [0.5, 0.6) is 0 Å². The minimum absolute atomic E-state index is 0.193. The van der Waals surface area contributed by atoms with Crippen molar-refractivity contribution in [3.63, 3.8) is 0 Å². The molecule has 2 aromatic heterocycles. The summed E-state index contributed by atoms with van der Waals surface area (Å²) < 4.78 is 5.43. The molecule has 0 radical (unpaired) electrons. The molecule has 6 heteroatoms. The summed E-state index contributed by atoms with van der Waals surface area (Å²) >= 11 is 0. The normalized spacial score (nSPS) is 12.0. The highest BCUT2D eigenvalue weighted by Crippen LogP contribution is 2.19. The number of hydrogen-bond donors (Lipinski definition) is 2. The number of pyridine rings is 1. The molecule has 4 rings (SSSR count). The number of aromatic nitrogens is 2. The van der Waals surface area contributed by atoms with Gasteiger partial charge in [0.15, 0.2) is 5.69 Å². The van der Waals surface area contributed by atoms with Gasteiger partial charge in [-0.2, -0.15) is 0 Å². The van der Waals surface area contributed by atoms with E-state index >= 15 is 0 Å². The molecule has 0 fully saturated rings. The van der Waals surface area contributed by atoms with Crippen molar-refractivity contribution in [2.45, 2.75) is 18.9 Å². The summed E-state index contributed by atoms with van der Waals surface area (Å²) in [4.78, 5) is 21.1. The van der Waals surface area contributed by atoms with Gasteiger partial charge in [0.1, 0.15) is 6.26 Å². The molecule has 140 valence electrons. The van der Waals surface area contributed by atoms with Crippen LogP contribution >= 0.6 is 0 Å². The van der Waals surface area contributed by atoms with Crippen LogP contribution in [0.2, 0.25) is 0 Å². The summed E-state index contributed by atoms with van der Waals surface area (Å²) in [6.45, 7) is 0. The number of benzene rings is 2. The van der Waals surface area contributed by atoms with E-state index in [-0.39, 0.29) is 17.6 Å². The summed E-state index contributed by atoms with van der Waals surface area (Å²) in [5.41, 5.74) is 9.03. The van der Waals surface area contributed by atoms with Gasteiger partial charge in [0.2, 0.25) is 5.89 Å². The van der Waals surface area contributed by atoms with E-state index in [1.165, 1.54) is 11.8 Å². The quantitative estimate of drug-likeness (QED) is 0.531. The number of nitrogens with two attached hydrogens (primary N) is 1. The van der Waals surface area contributed by atoms with Crippen molar-refractivity contribution in [1.82, 2.24) is 9.97 Å². The Morgan fingerprint density at radius 3 is 2.75 bits per heavy atom. The van der Waals surface area contributed by atoms with Crippen molar-refractivity contribution in [3.05, 3.63) is 90.3 Å². The first-order chi connectivity index (χ1) is 13.7. The lowest BCUT2D eigenvalue weighted by Gasteiger charge is -2.07. The minimum atomic E-state index is -0.371. The smallest absolute Gasteiger partial charge is 0.277 e. The van der Waals surface area contributed by atoms with Crippen molar-refractivity contribution in [1.29, 1.82) is 0 Å². The average Bonchev–Trinajstić information content (AvgIpc) is 3.23. The molecular weight excluding hydrogens is 352 g/mol. The number of fused-ring (bicyclic) bond motifs is 1. The Hall–Kier alpha value is -3.51. The predicted octanol–water partition coefficient (Wildman–Crippen LogP) is 4.11. The molecule has 0 unspecified atom stereocenters. The first-order valence-electron chi connectivity index (χ1n) is 9.10. The molecule has 0 bridgehead atoms. The molecule has 28 heavy (non-hydrogen) atoms. The Kier molecular flexibility index (Phi) is 5.12. The number of para-hydroxylation sites is 1. The van der Waals surface area contributed by atoms with Crippen LogP contribution in [0.15, 0.2) is 77.5 Å². The molecule has 1 amide bonds. The van der Waals surface area contributed by atoms with E-state index in [1.54, 1.807) is 6.20 Å². The van der Waals surface area contributed by atoms with E-state index in [9.17, 15) is 4.79 Å². The average molecular weight is 372 g/mol. The number of aryl methyl sites for hydroxylation is 1. The van der Waals surface area contributed by atoms with Crippen molar-refractivity contribution < 1.29 is 9.21 Å². The third kappa shape index (κ3) is 4.07. The van der Waals surface area contributed by atoms with E-state index in [4.69, 9.17) is 10.2 Å². The minimum Gasteiger partial charge on any atom is -0.446 e. The molecule has 0 saturated carbocycles. The summed E-state index contributed by atoms with van der Waals surface area (Å²) in [6, 6.07) is 19.3. The van der Waals surface area contributed by atoms with Gasteiger partial charge in [0.05, 0.1) is 23.4 Å². The molecule has 2 aromatic carbocycles. The fraction of sp³-hybridized carbons (Fsp3) is 0.136. The highest BCUT2D eigenvalue weighted by Gasteiger charge is 2.17. The maximum absolute atomic E-state index is 12.5. The molecule has 1 atom stereocenters. The molecule has 6 nitrogen and oxygen atoms in total. The van der Waals surface area contributed by atoms with Crippen LogP contribution in [0.25, 0.3) is 10.9 Å². The second-order valence-corrected chi connectivity index (χ2v) is 6.57. The first kappa shape index (κ1) is 17.9. The number of anilines is 1. The van der Waals surface area contributed by atoms with Gasteiger partial charge in [-0.05, 0) is 30.5 Å². The molecule has 0 spiro atoms. The fourth-order valence-corrected chi connectivity index (χ4v) is 2.99. The molecule has 0 aliphatic carbocycles. The number of nitrogens with one attached hydrogen (secondary N) is 1. The van der Waals surface area contributed by atoms with E-state index < -0.39 is 0 Å². The van der Waals surface area contributed by atoms with Crippen molar-refractivity contribution in [2.24, 2.45) is 5.73 Å². The number of nitrogens with zero attached hydrogens (tertiary/aromatic N) is 2. The Balaban J connectivity index is 1.40. The van der Waals surface area contributed by atoms with Crippen molar-refractivity contribution >= 4 is 22.5 Å². The Bertz CT molecular complexity index is 1090. The third-order valence-corrected chi connectivity index (χ3v) is 4.51. The third-order valence-electron chi connectivity index (χ3n) is 4.51. The standard InChI is InChI=1S/C22H20N4O2/c23-18(11-10-15-6-2-1-3-7-15)22-26-20(14-28-22)21(27)25-17-12-16-8-4-5-9-19(16)24-13-17/h1-9,12-14,18H,10-11,23H2,(H,25,27)/t18-/m1/s1. The lowest BCUT2D eigenvalue weighted by atomic mass is 10.1. The van der Waals surface area contributed by atoms with Crippen molar-refractivity contribution in [2.75, 3.05) is 5.32 Å². The summed E-state index contributed by atoms with van der Waals surface area (Å²) in [5, 5.41) is 3.74. The van der Waals surface area contributed by atoms with Crippen LogP contribution in [-0.4, -0.2) is 15.9 Å². The Labute approximate surface area is 162 Å². The summed E-state index contributed by atoms with van der Waals surface area (Å²) in [7, 11) is 0. The van der Waals surface area contributed by atoms with Gasteiger partial charge in [-0.15, -0.1) is 0 Å². The summed E-state index contributed by atoms with van der Waals surface area (Å²) in [5.74, 6) is 0.0000538. The predicted molar refractivity (Wildman–Crippen MR) is 108 cm³/mol. The maximum Gasteiger partial charge on any atom is 0.277 e. The zero-order chi connectivity index (χ0) is 19.3. The maximum atomic E-state index is 12.5. The van der Waals surface area contributed by atoms with Gasteiger partial charge in [-0.3, -0.25) is 9.78 Å². The number of carbonyl (C=O) groups excluding carboxylic acids is 1. The van der Waals surface area contributed by atoms with Gasteiger partial charge in [0, 0.05) is 5.39 Å². The number of oxazole rings is 1. The molecule has 0 aliphatic rings. The Morgan fingerprint density at radius 1 is 1.11 bits per heavy atom. The largest absolute Gasteiger partial charge is 0.446 e. The van der Waals surface area contributed by atoms with Gasteiger partial charge in [0.25, 0.3) is 5.91 Å². The number of carbonyl (C=O) groups is 1. The fourth-order valence-electron chi connectivity index (χ4n) is 2.99. The SMILES string of the molecule is N[C@H](CCc1ccccc1)c1nc(C(=O)Nc2cnc3ccccc3c2)co1. The van der Waals surface area contributed by atoms with E-state index in [0.717, 1.165) is 17.3 Å². The van der Waals surface area contributed by atoms with Crippen LogP contribution in [0.1, 0.15) is 34.4 Å². The summed E-state index contributed by atoms with van der Waals surface area (Å²) in [6.07, 6.45) is 4.45. The number of amides is 1. The molecule has 4 aromatic rings. The van der Waals surface area contributed by atoms with Crippen LogP contribution in [-0.2, 0) is 6.42 Å². The van der Waals surface area contributed by atoms with E-state index in [2.05, 4.69) is 27.4 Å². The van der Waals surface area contributed by atoms with E-state index in [1.807, 2.05) is 48.5 Å². The van der Waals surface area contributed by atoms with Gasteiger partial charge in [-0.25, -0.2) is 4.98 Å². The van der Waals surface area contributed by atoms with Crippen LogP contribution in [0.3, 0.4) is 0 Å².